The van der Waals surface area contributed by atoms with Crippen LogP contribution in [0.15, 0.2) is 59.0 Å². The first-order chi connectivity index (χ1) is 11.9. The molecule has 0 bridgehead atoms. The molecule has 0 radical (unpaired) electrons. The Morgan fingerprint density at radius 2 is 1.68 bits per heavy atom. The minimum atomic E-state index is -0.977. The summed E-state index contributed by atoms with van der Waals surface area (Å²) in [4.78, 5) is 12.2. The van der Waals surface area contributed by atoms with Crippen LogP contribution in [0.4, 0.5) is 13.2 Å². The van der Waals surface area contributed by atoms with Crippen molar-refractivity contribution in [3.63, 3.8) is 0 Å². The van der Waals surface area contributed by atoms with Crippen LogP contribution in [-0.2, 0) is 0 Å². The molecule has 0 aliphatic heterocycles. The van der Waals surface area contributed by atoms with E-state index in [0.717, 1.165) is 12.1 Å². The number of hydrogen-bond acceptors (Lipinski definition) is 2. The van der Waals surface area contributed by atoms with Gasteiger partial charge in [-0.25, -0.2) is 13.2 Å². The second-order valence-corrected chi connectivity index (χ2v) is 5.54. The number of amides is 1. The summed E-state index contributed by atoms with van der Waals surface area (Å²) in [5.41, 5.74) is 1.06. The first kappa shape index (κ1) is 16.8. The molecule has 1 atom stereocenters. The molecular formula is C19H14F3NO2. The molecule has 1 N–H and O–H groups in total. The lowest BCUT2D eigenvalue weighted by Crippen LogP contribution is -2.26. The average Bonchev–Trinajstić information content (AvgIpc) is 3.08. The first-order valence-electron chi connectivity index (χ1n) is 7.55. The van der Waals surface area contributed by atoms with Crippen LogP contribution in [0, 0.1) is 17.5 Å². The van der Waals surface area contributed by atoms with Crippen LogP contribution in [0.2, 0.25) is 0 Å². The van der Waals surface area contributed by atoms with E-state index < -0.39 is 23.6 Å². The lowest BCUT2D eigenvalue weighted by molar-refractivity contribution is 0.0912. The minimum absolute atomic E-state index is 0.0637. The Morgan fingerprint density at radius 1 is 0.960 bits per heavy atom. The molecule has 128 valence electrons. The third-order valence-corrected chi connectivity index (χ3v) is 3.75. The van der Waals surface area contributed by atoms with Gasteiger partial charge in [-0.1, -0.05) is 6.07 Å². The van der Waals surface area contributed by atoms with E-state index in [1.54, 1.807) is 25.1 Å². The number of benzene rings is 2. The van der Waals surface area contributed by atoms with Gasteiger partial charge in [0.25, 0.3) is 5.91 Å². The highest BCUT2D eigenvalue weighted by atomic mass is 19.2. The van der Waals surface area contributed by atoms with Crippen molar-refractivity contribution in [3.8, 4) is 11.3 Å². The Labute approximate surface area is 142 Å². The van der Waals surface area contributed by atoms with E-state index in [0.29, 0.717) is 16.9 Å². The van der Waals surface area contributed by atoms with Gasteiger partial charge in [0.1, 0.15) is 11.6 Å². The Bertz CT molecular complexity index is 903. The number of hydrogen-bond donors (Lipinski definition) is 1. The topological polar surface area (TPSA) is 42.2 Å². The van der Waals surface area contributed by atoms with Crippen LogP contribution in [0.5, 0.6) is 0 Å². The van der Waals surface area contributed by atoms with E-state index in [1.165, 1.54) is 24.3 Å². The molecule has 3 nitrogen and oxygen atoms in total. The normalized spacial score (nSPS) is 12.0. The van der Waals surface area contributed by atoms with Gasteiger partial charge in [-0.05, 0) is 61.0 Å². The number of furan rings is 1. The third kappa shape index (κ3) is 3.74. The number of halogens is 3. The van der Waals surface area contributed by atoms with Gasteiger partial charge >= 0.3 is 0 Å². The van der Waals surface area contributed by atoms with E-state index in [1.807, 2.05) is 0 Å². The van der Waals surface area contributed by atoms with Gasteiger partial charge in [-0.15, -0.1) is 0 Å². The van der Waals surface area contributed by atoms with Crippen molar-refractivity contribution in [1.82, 2.24) is 5.32 Å². The molecule has 3 rings (SSSR count). The van der Waals surface area contributed by atoms with Crippen LogP contribution in [-0.4, -0.2) is 5.91 Å². The Hall–Kier alpha value is -3.02. The summed E-state index contributed by atoms with van der Waals surface area (Å²) in [6.07, 6.45) is 0. The fraction of sp³-hybridized carbons (Fsp3) is 0.105. The van der Waals surface area contributed by atoms with Crippen molar-refractivity contribution in [1.29, 1.82) is 0 Å². The van der Waals surface area contributed by atoms with Gasteiger partial charge in [0.15, 0.2) is 17.4 Å². The molecule has 1 amide bonds. The molecule has 1 aromatic heterocycles. The molecule has 1 unspecified atom stereocenters. The molecule has 0 fully saturated rings. The number of carbonyl (C=O) groups is 1. The van der Waals surface area contributed by atoms with Gasteiger partial charge in [0, 0.05) is 5.56 Å². The predicted octanol–water partition coefficient (Wildman–Crippen LogP) is 4.85. The molecule has 25 heavy (non-hydrogen) atoms. The summed E-state index contributed by atoms with van der Waals surface area (Å²) in [5.74, 6) is -2.30. The fourth-order valence-electron chi connectivity index (χ4n) is 2.36. The van der Waals surface area contributed by atoms with Crippen molar-refractivity contribution in [2.75, 3.05) is 0 Å². The number of carbonyl (C=O) groups excluding carboxylic acids is 1. The highest BCUT2D eigenvalue weighted by Crippen LogP contribution is 2.23. The molecular weight excluding hydrogens is 331 g/mol. The van der Waals surface area contributed by atoms with Gasteiger partial charge in [0.05, 0.1) is 6.04 Å². The molecule has 3 aromatic rings. The van der Waals surface area contributed by atoms with Crippen LogP contribution in [0.1, 0.15) is 29.1 Å². The van der Waals surface area contributed by atoms with Crippen molar-refractivity contribution in [3.05, 3.63) is 83.4 Å². The SMILES string of the molecule is CC(NC(=O)c1ccc(-c2ccc(F)cc2)o1)c1ccc(F)c(F)c1. The van der Waals surface area contributed by atoms with Gasteiger partial charge in [0.2, 0.25) is 0 Å². The van der Waals surface area contributed by atoms with Crippen LogP contribution < -0.4 is 5.32 Å². The monoisotopic (exact) mass is 345 g/mol. The highest BCUT2D eigenvalue weighted by molar-refractivity contribution is 5.92. The third-order valence-electron chi connectivity index (χ3n) is 3.75. The minimum Gasteiger partial charge on any atom is -0.451 e. The molecule has 0 aliphatic rings. The molecule has 6 heteroatoms. The van der Waals surface area contributed by atoms with Gasteiger partial charge in [-0.3, -0.25) is 4.79 Å². The maximum atomic E-state index is 13.3. The van der Waals surface area contributed by atoms with Crippen LogP contribution in [0.25, 0.3) is 11.3 Å². The predicted molar refractivity (Wildman–Crippen MR) is 86.3 cm³/mol. The average molecular weight is 345 g/mol. The van der Waals surface area contributed by atoms with E-state index in [2.05, 4.69) is 5.32 Å². The zero-order chi connectivity index (χ0) is 18.0. The van der Waals surface area contributed by atoms with E-state index in [4.69, 9.17) is 4.42 Å². The van der Waals surface area contributed by atoms with Gasteiger partial charge < -0.3 is 9.73 Å². The highest BCUT2D eigenvalue weighted by Gasteiger charge is 2.16. The summed E-state index contributed by atoms with van der Waals surface area (Å²) in [6.45, 7) is 1.65. The van der Waals surface area contributed by atoms with E-state index in [9.17, 15) is 18.0 Å². The van der Waals surface area contributed by atoms with Gasteiger partial charge in [-0.2, -0.15) is 0 Å². The maximum Gasteiger partial charge on any atom is 0.287 e. The maximum absolute atomic E-state index is 13.3. The summed E-state index contributed by atoms with van der Waals surface area (Å²) in [5, 5.41) is 2.65. The standard InChI is InChI=1S/C19H14F3NO2/c1-11(13-4-7-15(21)16(22)10-13)23-19(24)18-9-8-17(25-18)12-2-5-14(20)6-3-12/h2-11H,1H3,(H,23,24). The summed E-state index contributed by atoms with van der Waals surface area (Å²) in [6, 6.07) is 11.7. The van der Waals surface area contributed by atoms with Crippen molar-refractivity contribution in [2.45, 2.75) is 13.0 Å². The van der Waals surface area contributed by atoms with Crippen LogP contribution in [0.3, 0.4) is 0 Å². The smallest absolute Gasteiger partial charge is 0.287 e. The van der Waals surface area contributed by atoms with Crippen molar-refractivity contribution >= 4 is 5.91 Å². The molecule has 0 spiro atoms. The molecule has 1 heterocycles. The van der Waals surface area contributed by atoms with Crippen LogP contribution >= 0.6 is 0 Å². The Kier molecular flexibility index (Phi) is 4.61. The zero-order valence-electron chi connectivity index (χ0n) is 13.2. The second-order valence-electron chi connectivity index (χ2n) is 5.54. The lowest BCUT2D eigenvalue weighted by atomic mass is 10.1. The molecule has 0 saturated heterocycles. The second kappa shape index (κ2) is 6.84. The number of nitrogens with one attached hydrogen (secondary N) is 1. The molecule has 0 saturated carbocycles. The zero-order valence-corrected chi connectivity index (χ0v) is 13.2. The van der Waals surface area contributed by atoms with Crippen molar-refractivity contribution in [2.24, 2.45) is 0 Å². The summed E-state index contributed by atoms with van der Waals surface area (Å²) in [7, 11) is 0. The largest absolute Gasteiger partial charge is 0.451 e. The van der Waals surface area contributed by atoms with Crippen molar-refractivity contribution < 1.29 is 22.4 Å². The molecule has 0 aliphatic carbocycles. The quantitative estimate of drug-likeness (QED) is 0.734. The Balaban J connectivity index is 1.73. The summed E-state index contributed by atoms with van der Waals surface area (Å²) >= 11 is 0. The Morgan fingerprint density at radius 3 is 2.36 bits per heavy atom. The van der Waals surface area contributed by atoms with E-state index >= 15 is 0 Å². The lowest BCUT2D eigenvalue weighted by Gasteiger charge is -2.13. The fourth-order valence-corrected chi connectivity index (χ4v) is 2.36. The number of rotatable bonds is 4. The molecule has 2 aromatic carbocycles. The summed E-state index contributed by atoms with van der Waals surface area (Å²) < 4.78 is 44.7. The first-order valence-corrected chi connectivity index (χ1v) is 7.55. The van der Waals surface area contributed by atoms with E-state index in [-0.39, 0.29) is 11.6 Å².